The molecule has 1 atom stereocenters. The number of piperidine rings is 2. The molecule has 3 saturated heterocycles. The molecule has 3 heterocycles. The Morgan fingerprint density at radius 2 is 1.52 bits per heavy atom. The van der Waals surface area contributed by atoms with Crippen LogP contribution in [0.5, 0.6) is 0 Å². The van der Waals surface area contributed by atoms with Gasteiger partial charge in [-0.1, -0.05) is 64.2 Å². The largest absolute Gasteiger partial charge is 0.490 e. The highest BCUT2D eigenvalue weighted by molar-refractivity contribution is 5.97. The van der Waals surface area contributed by atoms with Crippen LogP contribution in [0.2, 0.25) is 0 Å². The molecule has 3 fully saturated rings. The fourth-order valence-electron chi connectivity index (χ4n) is 6.93. The molecule has 8 nitrogen and oxygen atoms in total. The molecule has 44 heavy (non-hydrogen) atoms. The number of carbonyl (C=O) groups excluding carboxylic acids is 2. The molecule has 1 spiro atoms. The van der Waals surface area contributed by atoms with Gasteiger partial charge in [0.25, 0.3) is 5.91 Å². The van der Waals surface area contributed by atoms with Gasteiger partial charge in [-0.3, -0.25) is 9.69 Å². The summed E-state index contributed by atoms with van der Waals surface area (Å²) in [6, 6.07) is 6.83. The van der Waals surface area contributed by atoms with Crippen molar-refractivity contribution < 1.29 is 37.4 Å². The number of unbranched alkanes of at least 4 members (excludes halogenated alkanes) is 4. The summed E-state index contributed by atoms with van der Waals surface area (Å²) in [6.07, 6.45) is 6.79. The number of carboxylic acid groups (broad SMARTS) is 1. The van der Waals surface area contributed by atoms with Gasteiger partial charge in [0.05, 0.1) is 6.04 Å². The van der Waals surface area contributed by atoms with Crippen LogP contribution in [-0.2, 0) is 9.53 Å². The van der Waals surface area contributed by atoms with Crippen molar-refractivity contribution in [2.75, 3.05) is 32.7 Å². The Morgan fingerprint density at radius 1 is 0.955 bits per heavy atom. The minimum atomic E-state index is -5.08. The van der Waals surface area contributed by atoms with E-state index in [1.807, 2.05) is 36.9 Å². The lowest BCUT2D eigenvalue weighted by Crippen LogP contribution is -2.56. The Kier molecular flexibility index (Phi) is 12.9. The number of alkyl halides is 3. The standard InChI is InChI=1S/C31H49N3O3.C2HF3O2/c1-5-7-9-10-19-34-27(14-8-6-2)31(37-30(34)36)17-22-32(23-18-31)26-15-20-33(21-16-26)29(35)28-24(3)12-11-13-25(28)4;3-2(4,5)1(6)7/h11-13,26-27H,5-10,14-23H2,1-4H3;(H,6,7). The summed E-state index contributed by atoms with van der Waals surface area (Å²) in [5.74, 6) is -2.57. The molecule has 1 aromatic carbocycles. The van der Waals surface area contributed by atoms with Crippen molar-refractivity contribution in [1.29, 1.82) is 0 Å². The number of rotatable bonds is 10. The van der Waals surface area contributed by atoms with Gasteiger partial charge < -0.3 is 19.6 Å². The van der Waals surface area contributed by atoms with Crippen molar-refractivity contribution in [1.82, 2.24) is 14.7 Å². The van der Waals surface area contributed by atoms with Gasteiger partial charge in [0.15, 0.2) is 0 Å². The lowest BCUT2D eigenvalue weighted by atomic mass is 9.81. The number of carbonyl (C=O) groups is 3. The predicted octanol–water partition coefficient (Wildman–Crippen LogP) is 6.97. The lowest BCUT2D eigenvalue weighted by Gasteiger charge is -2.46. The number of carboxylic acids is 1. The summed E-state index contributed by atoms with van der Waals surface area (Å²) < 4.78 is 38.0. The van der Waals surface area contributed by atoms with E-state index < -0.39 is 12.1 Å². The SMILES string of the molecule is CCCCCCN1C(=O)OC2(CCN(C3CCN(C(=O)c4c(C)cccc4C)CC3)CC2)C1CCCC.O=C(O)C(F)(F)F. The number of halogens is 3. The van der Waals surface area contributed by atoms with Crippen molar-refractivity contribution in [3.63, 3.8) is 0 Å². The van der Waals surface area contributed by atoms with E-state index in [1.54, 1.807) is 0 Å². The molecule has 0 aromatic heterocycles. The Hall–Kier alpha value is -2.82. The van der Waals surface area contributed by atoms with Crippen LogP contribution in [0.3, 0.4) is 0 Å². The van der Waals surface area contributed by atoms with Crippen LogP contribution in [-0.4, -0.2) is 94.4 Å². The zero-order chi connectivity index (χ0) is 32.5. The number of likely N-dealkylation sites (tertiary alicyclic amines) is 2. The number of aliphatic carboxylic acids is 1. The third kappa shape index (κ3) is 8.88. The molecule has 0 bridgehead atoms. The van der Waals surface area contributed by atoms with Crippen LogP contribution in [0, 0.1) is 13.8 Å². The molecule has 248 valence electrons. The van der Waals surface area contributed by atoms with E-state index in [4.69, 9.17) is 14.6 Å². The number of aryl methyl sites for hydroxylation is 2. The van der Waals surface area contributed by atoms with Gasteiger partial charge in [0.1, 0.15) is 5.60 Å². The van der Waals surface area contributed by atoms with E-state index in [9.17, 15) is 22.8 Å². The van der Waals surface area contributed by atoms with Gasteiger partial charge in [-0.2, -0.15) is 13.2 Å². The van der Waals surface area contributed by atoms with Gasteiger partial charge in [-0.25, -0.2) is 9.59 Å². The first-order valence-electron chi connectivity index (χ1n) is 16.2. The van der Waals surface area contributed by atoms with Crippen LogP contribution in [0.15, 0.2) is 18.2 Å². The monoisotopic (exact) mass is 625 g/mol. The number of hydrogen-bond donors (Lipinski definition) is 1. The molecule has 1 aromatic rings. The minimum Gasteiger partial charge on any atom is -0.475 e. The smallest absolute Gasteiger partial charge is 0.475 e. The topological polar surface area (TPSA) is 90.4 Å². The van der Waals surface area contributed by atoms with Crippen molar-refractivity contribution in [2.45, 2.75) is 122 Å². The molecule has 0 aliphatic carbocycles. The normalized spacial score (nSPS) is 20.8. The van der Waals surface area contributed by atoms with Crippen LogP contribution in [0.25, 0.3) is 0 Å². The summed E-state index contributed by atoms with van der Waals surface area (Å²) in [5, 5.41) is 7.12. The Morgan fingerprint density at radius 3 is 2.05 bits per heavy atom. The first-order valence-corrected chi connectivity index (χ1v) is 16.2. The second-order valence-corrected chi connectivity index (χ2v) is 12.5. The van der Waals surface area contributed by atoms with Crippen molar-refractivity contribution in [3.05, 3.63) is 34.9 Å². The third-order valence-corrected chi connectivity index (χ3v) is 9.44. The minimum absolute atomic E-state index is 0.0793. The highest BCUT2D eigenvalue weighted by Crippen LogP contribution is 2.42. The van der Waals surface area contributed by atoms with Gasteiger partial charge in [-0.05, 0) is 50.7 Å². The fourth-order valence-corrected chi connectivity index (χ4v) is 6.93. The number of nitrogens with zero attached hydrogens (tertiary/aromatic N) is 3. The second-order valence-electron chi connectivity index (χ2n) is 12.5. The van der Waals surface area contributed by atoms with Crippen LogP contribution < -0.4 is 0 Å². The maximum Gasteiger partial charge on any atom is 0.490 e. The molecule has 1 N–H and O–H groups in total. The maximum atomic E-state index is 13.2. The molecule has 0 radical (unpaired) electrons. The molecule has 4 rings (SSSR count). The third-order valence-electron chi connectivity index (χ3n) is 9.44. The highest BCUT2D eigenvalue weighted by Gasteiger charge is 2.54. The second kappa shape index (κ2) is 16.0. The highest BCUT2D eigenvalue weighted by atomic mass is 19.4. The van der Waals surface area contributed by atoms with Crippen molar-refractivity contribution >= 4 is 18.0 Å². The molecular formula is C33H50F3N3O5. The van der Waals surface area contributed by atoms with E-state index in [-0.39, 0.29) is 23.6 Å². The summed E-state index contributed by atoms with van der Waals surface area (Å²) >= 11 is 0. The van der Waals surface area contributed by atoms with E-state index in [0.717, 1.165) is 101 Å². The lowest BCUT2D eigenvalue weighted by molar-refractivity contribution is -0.192. The Bertz CT molecular complexity index is 1090. The number of ether oxygens (including phenoxy) is 1. The number of amides is 2. The van der Waals surface area contributed by atoms with E-state index >= 15 is 0 Å². The van der Waals surface area contributed by atoms with Crippen LogP contribution in [0.1, 0.15) is 106 Å². The Balaban J connectivity index is 0.000000676. The first kappa shape index (κ1) is 35.7. The number of benzene rings is 1. The van der Waals surface area contributed by atoms with Gasteiger partial charge >= 0.3 is 18.2 Å². The maximum absolute atomic E-state index is 13.2. The summed E-state index contributed by atoms with van der Waals surface area (Å²) in [5.41, 5.74) is 2.70. The Labute approximate surface area is 259 Å². The van der Waals surface area contributed by atoms with Gasteiger partial charge in [0.2, 0.25) is 0 Å². The average Bonchev–Trinajstić information content (AvgIpc) is 3.23. The average molecular weight is 626 g/mol. The van der Waals surface area contributed by atoms with Crippen molar-refractivity contribution in [3.8, 4) is 0 Å². The molecule has 3 aliphatic heterocycles. The molecular weight excluding hydrogens is 575 g/mol. The van der Waals surface area contributed by atoms with E-state index in [1.165, 1.54) is 19.3 Å². The molecule has 11 heteroatoms. The van der Waals surface area contributed by atoms with Crippen LogP contribution >= 0.6 is 0 Å². The van der Waals surface area contributed by atoms with Gasteiger partial charge in [-0.15, -0.1) is 0 Å². The predicted molar refractivity (Wildman–Crippen MR) is 163 cm³/mol. The zero-order valence-corrected chi connectivity index (χ0v) is 26.8. The van der Waals surface area contributed by atoms with Crippen LogP contribution in [0.4, 0.5) is 18.0 Å². The fraction of sp³-hybridized carbons (Fsp3) is 0.727. The molecule has 3 aliphatic rings. The van der Waals surface area contributed by atoms with E-state index in [2.05, 4.69) is 23.6 Å². The zero-order valence-electron chi connectivity index (χ0n) is 26.8. The van der Waals surface area contributed by atoms with Crippen molar-refractivity contribution in [2.24, 2.45) is 0 Å². The van der Waals surface area contributed by atoms with Gasteiger partial charge in [0, 0.05) is 57.2 Å². The van der Waals surface area contributed by atoms with E-state index in [0.29, 0.717) is 6.04 Å². The summed E-state index contributed by atoms with van der Waals surface area (Å²) in [7, 11) is 0. The summed E-state index contributed by atoms with van der Waals surface area (Å²) in [6.45, 7) is 13.0. The number of hydrogen-bond acceptors (Lipinski definition) is 5. The molecule has 1 unspecified atom stereocenters. The molecule has 0 saturated carbocycles. The quantitative estimate of drug-likeness (QED) is 0.283. The first-order chi connectivity index (χ1) is 20.8. The summed E-state index contributed by atoms with van der Waals surface area (Å²) in [4.78, 5) is 41.9. The molecule has 2 amide bonds.